The number of ether oxygens (including phenoxy) is 2. The lowest BCUT2D eigenvalue weighted by Crippen LogP contribution is -3.00. The molecule has 258 valence electrons. The number of halogens is 1. The van der Waals surface area contributed by atoms with Gasteiger partial charge in [0.05, 0.1) is 5.41 Å². The van der Waals surface area contributed by atoms with Gasteiger partial charge in [-0.15, -0.1) is 0 Å². The summed E-state index contributed by atoms with van der Waals surface area (Å²) in [7, 11) is 0. The van der Waals surface area contributed by atoms with Crippen molar-refractivity contribution in [3.05, 3.63) is 30.1 Å². The molecule has 0 unspecified atom stereocenters. The number of amides is 3. The third-order valence-electron chi connectivity index (χ3n) is 8.42. The second-order valence-electron chi connectivity index (χ2n) is 12.4. The molecule has 0 radical (unpaired) electrons. The lowest BCUT2D eigenvalue weighted by atomic mass is 9.94. The van der Waals surface area contributed by atoms with E-state index in [4.69, 9.17) is 9.47 Å². The fraction of sp³-hybridized carbons (Fsp3) is 0.771. The van der Waals surface area contributed by atoms with Crippen LogP contribution in [-0.2, 0) is 27.4 Å². The van der Waals surface area contributed by atoms with Crippen molar-refractivity contribution in [2.75, 3.05) is 31.3 Å². The van der Waals surface area contributed by atoms with E-state index in [1.165, 1.54) is 96.8 Å². The summed E-state index contributed by atoms with van der Waals surface area (Å²) in [5.74, 6) is 1.10. The topological polar surface area (TPSA) is 88.8 Å². The Labute approximate surface area is 294 Å². The Morgan fingerprint density at radius 1 is 0.822 bits per heavy atom. The van der Waals surface area contributed by atoms with Crippen molar-refractivity contribution in [2.24, 2.45) is 5.41 Å². The van der Waals surface area contributed by atoms with Crippen LogP contribution < -0.4 is 33.9 Å². The Balaban J connectivity index is 0.0000101. The minimum atomic E-state index is -0.673. The van der Waals surface area contributed by atoms with Crippen LogP contribution in [0.4, 0.5) is 9.59 Å². The van der Waals surface area contributed by atoms with Gasteiger partial charge in [-0.1, -0.05) is 109 Å². The molecule has 1 aliphatic rings. The number of alkyl carbamates (subject to hydrolysis) is 1. The van der Waals surface area contributed by atoms with Crippen molar-refractivity contribution in [3.8, 4) is 0 Å². The molecule has 1 saturated heterocycles. The summed E-state index contributed by atoms with van der Waals surface area (Å²) in [6.07, 6.45) is 22.0. The van der Waals surface area contributed by atoms with Crippen LogP contribution >= 0.6 is 11.8 Å². The number of aryl methyl sites for hydroxylation is 1. The average Bonchev–Trinajstić information content (AvgIpc) is 3.00. The van der Waals surface area contributed by atoms with E-state index in [0.29, 0.717) is 6.54 Å². The van der Waals surface area contributed by atoms with Crippen molar-refractivity contribution in [3.63, 3.8) is 0 Å². The van der Waals surface area contributed by atoms with Crippen LogP contribution in [0.2, 0.25) is 0 Å². The lowest BCUT2D eigenvalue weighted by molar-refractivity contribution is -0.701. The van der Waals surface area contributed by atoms with Gasteiger partial charge in [-0.25, -0.2) is 19.1 Å². The number of imide groups is 1. The fourth-order valence-electron chi connectivity index (χ4n) is 5.46. The Kier molecular flexibility index (Phi) is 23.5. The molecule has 2 rings (SSSR count). The van der Waals surface area contributed by atoms with Crippen molar-refractivity contribution in [1.29, 1.82) is 0 Å². The predicted octanol–water partition coefficient (Wildman–Crippen LogP) is 5.20. The zero-order valence-electron chi connectivity index (χ0n) is 28.3. The normalized spacial score (nSPS) is 13.3. The summed E-state index contributed by atoms with van der Waals surface area (Å²) in [6.45, 7) is 7.43. The van der Waals surface area contributed by atoms with Crippen LogP contribution in [-0.4, -0.2) is 54.3 Å². The number of unbranched alkanes of at least 4 members (excludes halogenated alkanes) is 15. The summed E-state index contributed by atoms with van der Waals surface area (Å²) in [5, 5.41) is 2.86. The third-order valence-corrected chi connectivity index (χ3v) is 10.1. The zero-order valence-corrected chi connectivity index (χ0v) is 31.3. The molecule has 10 heteroatoms. The van der Waals surface area contributed by atoms with Crippen molar-refractivity contribution < 1.29 is 52.4 Å². The standard InChI is InChI=1S/C35H59N3O5S.HI/c1-4-6-7-8-9-10-11-12-13-14-15-16-17-18-19-21-24-36-33(40)42-27-35(29-44-30-35)28-43-34(41)38(31(3)39)26-32-23-20-22-25-37(32)5-2;/h20,22-23,25H,4-19,21,24,26-30H2,1-3H3;1H. The van der Waals surface area contributed by atoms with Gasteiger partial charge in [-0.05, 0) is 13.3 Å². The van der Waals surface area contributed by atoms with Gasteiger partial charge >= 0.3 is 12.2 Å². The molecule has 0 aromatic carbocycles. The molecule has 1 N–H and O–H groups in total. The van der Waals surface area contributed by atoms with E-state index in [1.54, 1.807) is 11.8 Å². The van der Waals surface area contributed by atoms with Crippen LogP contribution in [0.25, 0.3) is 0 Å². The number of carbonyl (C=O) groups is 3. The maximum absolute atomic E-state index is 12.8. The smallest absolute Gasteiger partial charge is 0.417 e. The van der Waals surface area contributed by atoms with Gasteiger partial charge < -0.3 is 38.8 Å². The van der Waals surface area contributed by atoms with Crippen LogP contribution in [0.5, 0.6) is 0 Å². The number of nitrogens with zero attached hydrogens (tertiary/aromatic N) is 2. The van der Waals surface area contributed by atoms with E-state index in [-0.39, 0.29) is 49.6 Å². The summed E-state index contributed by atoms with van der Waals surface area (Å²) < 4.78 is 13.1. The minimum absolute atomic E-state index is 0. The number of thioether (sulfide) groups is 1. The molecule has 0 atom stereocenters. The van der Waals surface area contributed by atoms with E-state index < -0.39 is 17.6 Å². The fourth-order valence-corrected chi connectivity index (χ4v) is 6.57. The maximum atomic E-state index is 12.8. The van der Waals surface area contributed by atoms with Crippen molar-refractivity contribution in [1.82, 2.24) is 10.2 Å². The van der Waals surface area contributed by atoms with Gasteiger partial charge in [0.1, 0.15) is 26.3 Å². The predicted molar refractivity (Wildman–Crippen MR) is 179 cm³/mol. The van der Waals surface area contributed by atoms with Crippen LogP contribution in [0.3, 0.4) is 0 Å². The molecule has 0 spiro atoms. The number of hydrogen-bond acceptors (Lipinski definition) is 6. The maximum Gasteiger partial charge on any atom is 0.417 e. The molecule has 1 fully saturated rings. The Morgan fingerprint density at radius 3 is 1.84 bits per heavy atom. The molecular formula is C35H60IN3O5S. The highest BCUT2D eigenvalue weighted by molar-refractivity contribution is 8.00. The minimum Gasteiger partial charge on any atom is -1.00 e. The molecule has 3 amide bonds. The number of pyridine rings is 1. The number of hydrogen-bond donors (Lipinski definition) is 1. The molecular weight excluding hydrogens is 701 g/mol. The first-order chi connectivity index (χ1) is 21.4. The number of nitrogens with one attached hydrogen (secondary N) is 1. The first-order valence-electron chi connectivity index (χ1n) is 17.3. The van der Waals surface area contributed by atoms with Gasteiger partial charge in [0, 0.05) is 37.1 Å². The quantitative estimate of drug-likeness (QED) is 0.0886. The van der Waals surface area contributed by atoms with E-state index >= 15 is 0 Å². The molecule has 0 bridgehead atoms. The Bertz CT molecular complexity index is 963. The molecule has 1 aromatic heterocycles. The summed E-state index contributed by atoms with van der Waals surface area (Å²) in [4.78, 5) is 38.5. The van der Waals surface area contributed by atoms with E-state index in [0.717, 1.165) is 41.5 Å². The molecule has 8 nitrogen and oxygen atoms in total. The van der Waals surface area contributed by atoms with Crippen LogP contribution in [0.15, 0.2) is 24.4 Å². The zero-order chi connectivity index (χ0) is 31.9. The van der Waals surface area contributed by atoms with Crippen molar-refractivity contribution >= 4 is 29.9 Å². The molecule has 1 aliphatic heterocycles. The monoisotopic (exact) mass is 761 g/mol. The summed E-state index contributed by atoms with van der Waals surface area (Å²) in [5.41, 5.74) is 0.435. The Hall–Kier alpha value is -1.56. The summed E-state index contributed by atoms with van der Waals surface area (Å²) in [6, 6.07) is 5.69. The van der Waals surface area contributed by atoms with E-state index in [1.807, 2.05) is 35.9 Å². The molecule has 0 saturated carbocycles. The Morgan fingerprint density at radius 2 is 1.36 bits per heavy atom. The lowest BCUT2D eigenvalue weighted by Gasteiger charge is -2.39. The second-order valence-corrected chi connectivity index (χ2v) is 13.4. The van der Waals surface area contributed by atoms with Crippen LogP contribution in [0.1, 0.15) is 129 Å². The van der Waals surface area contributed by atoms with Gasteiger partial charge in [-0.2, -0.15) is 11.8 Å². The molecule has 2 heterocycles. The third kappa shape index (κ3) is 17.8. The molecule has 45 heavy (non-hydrogen) atoms. The molecule has 1 aromatic rings. The van der Waals surface area contributed by atoms with Crippen molar-refractivity contribution in [2.45, 2.75) is 137 Å². The largest absolute Gasteiger partial charge is 1.00 e. The first-order valence-corrected chi connectivity index (χ1v) is 18.5. The highest BCUT2D eigenvalue weighted by Crippen LogP contribution is 2.38. The van der Waals surface area contributed by atoms with Gasteiger partial charge in [-0.3, -0.25) is 4.79 Å². The van der Waals surface area contributed by atoms with E-state index in [9.17, 15) is 14.4 Å². The van der Waals surface area contributed by atoms with Gasteiger partial charge in [0.15, 0.2) is 6.20 Å². The van der Waals surface area contributed by atoms with Gasteiger partial charge in [0.25, 0.3) is 0 Å². The average molecular weight is 762 g/mol. The van der Waals surface area contributed by atoms with Gasteiger partial charge in [0.2, 0.25) is 11.6 Å². The number of aromatic nitrogens is 1. The SMILES string of the molecule is CCCCCCCCCCCCCCCCCCNC(=O)OCC1(COC(=O)N(Cc2cccc[n+]2CC)C(C)=O)CSC1.[I-]. The summed E-state index contributed by atoms with van der Waals surface area (Å²) >= 11 is 1.72. The number of carbonyl (C=O) groups excluding carboxylic acids is 3. The molecule has 0 aliphatic carbocycles. The highest BCUT2D eigenvalue weighted by atomic mass is 127. The van der Waals surface area contributed by atoms with Crippen LogP contribution in [0, 0.1) is 5.41 Å². The van der Waals surface area contributed by atoms with E-state index in [2.05, 4.69) is 12.2 Å². The first kappa shape index (κ1) is 41.5. The second kappa shape index (κ2) is 25.5. The number of rotatable bonds is 24. The highest BCUT2D eigenvalue weighted by Gasteiger charge is 2.41.